The summed E-state index contributed by atoms with van der Waals surface area (Å²) in [5.74, 6) is 0.616. The summed E-state index contributed by atoms with van der Waals surface area (Å²) in [4.78, 5) is 4.27. The van der Waals surface area contributed by atoms with Gasteiger partial charge in [-0.15, -0.1) is 0 Å². The normalized spacial score (nSPS) is 13.0. The number of methoxy groups -OCH3 is 1. The summed E-state index contributed by atoms with van der Waals surface area (Å²) >= 11 is 4.34. The Kier molecular flexibility index (Phi) is 6.04. The van der Waals surface area contributed by atoms with E-state index in [1.807, 2.05) is 13.0 Å². The third kappa shape index (κ3) is 4.70. The number of pyridine rings is 1. The zero-order valence-corrected chi connectivity index (χ0v) is 14.8. The summed E-state index contributed by atoms with van der Waals surface area (Å²) in [5, 5.41) is -0.0836. The van der Waals surface area contributed by atoms with Crippen molar-refractivity contribution in [3.63, 3.8) is 0 Å². The Morgan fingerprint density at radius 2 is 1.96 bits per heavy atom. The van der Waals surface area contributed by atoms with Gasteiger partial charge in [0.05, 0.1) is 12.0 Å². The van der Waals surface area contributed by atoms with E-state index in [9.17, 15) is 8.42 Å². The van der Waals surface area contributed by atoms with Crippen LogP contribution in [0.4, 0.5) is 0 Å². The first-order valence-electron chi connectivity index (χ1n) is 7.14. The maximum Gasteiger partial charge on any atom is 0.243 e. The first-order valence-corrected chi connectivity index (χ1v) is 9.10. The summed E-state index contributed by atoms with van der Waals surface area (Å²) in [7, 11) is -2.08. The molecule has 1 aromatic heterocycles. The molecule has 1 unspecified atom stereocenters. The largest absolute Gasteiger partial charge is 0.497 e. The molecule has 1 aromatic carbocycles. The highest BCUT2D eigenvalue weighted by atomic mass is 32.2. The highest BCUT2D eigenvalue weighted by Crippen LogP contribution is 2.22. The maximum atomic E-state index is 12.9. The van der Waals surface area contributed by atoms with E-state index in [-0.39, 0.29) is 16.7 Å². The Labute approximate surface area is 142 Å². The van der Waals surface area contributed by atoms with Crippen LogP contribution in [0.3, 0.4) is 0 Å². The predicted molar refractivity (Wildman–Crippen MR) is 93.3 cm³/mol. The van der Waals surface area contributed by atoms with Crippen molar-refractivity contribution in [2.24, 2.45) is 0 Å². The first kappa shape index (κ1) is 17.8. The zero-order valence-electron chi connectivity index (χ0n) is 13.1. The molecule has 0 aliphatic rings. The van der Waals surface area contributed by atoms with Crippen molar-refractivity contribution >= 4 is 22.7 Å². The van der Waals surface area contributed by atoms with Crippen molar-refractivity contribution in [1.29, 1.82) is 0 Å². The standard InChI is InChI=1S/C16H20N2O3S2/c1-13(22)11-18(12-14-4-3-9-17-10-14)23(19,20)16-7-5-15(21-2)6-8-16/h3-10,13,22H,11-12H2,1-2H3. The lowest BCUT2D eigenvalue weighted by molar-refractivity contribution is 0.407. The van der Waals surface area contributed by atoms with E-state index in [1.54, 1.807) is 49.8 Å². The lowest BCUT2D eigenvalue weighted by Gasteiger charge is -2.23. The number of benzene rings is 1. The van der Waals surface area contributed by atoms with Gasteiger partial charge in [-0.25, -0.2) is 8.42 Å². The third-order valence-electron chi connectivity index (χ3n) is 3.25. The smallest absolute Gasteiger partial charge is 0.243 e. The fraction of sp³-hybridized carbons (Fsp3) is 0.312. The number of nitrogens with zero attached hydrogens (tertiary/aromatic N) is 2. The van der Waals surface area contributed by atoms with Crippen LogP contribution in [0.1, 0.15) is 12.5 Å². The SMILES string of the molecule is COc1ccc(S(=O)(=O)N(Cc2cccnc2)CC(C)S)cc1. The summed E-state index contributed by atoms with van der Waals surface area (Å²) in [6.45, 7) is 2.43. The van der Waals surface area contributed by atoms with Crippen LogP contribution < -0.4 is 4.74 Å². The molecule has 23 heavy (non-hydrogen) atoms. The van der Waals surface area contributed by atoms with Gasteiger partial charge in [-0.1, -0.05) is 13.0 Å². The fourth-order valence-corrected chi connectivity index (χ4v) is 3.96. The van der Waals surface area contributed by atoms with E-state index < -0.39 is 10.0 Å². The van der Waals surface area contributed by atoms with Crippen molar-refractivity contribution in [2.45, 2.75) is 23.6 Å². The first-order chi connectivity index (χ1) is 10.9. The zero-order chi connectivity index (χ0) is 16.9. The van der Waals surface area contributed by atoms with E-state index in [2.05, 4.69) is 17.6 Å². The van der Waals surface area contributed by atoms with Gasteiger partial charge >= 0.3 is 0 Å². The average molecular weight is 352 g/mol. The van der Waals surface area contributed by atoms with Gasteiger partial charge in [-0.05, 0) is 35.9 Å². The highest BCUT2D eigenvalue weighted by molar-refractivity contribution is 7.89. The summed E-state index contributed by atoms with van der Waals surface area (Å²) in [5.41, 5.74) is 0.832. The van der Waals surface area contributed by atoms with Crippen LogP contribution in [0.15, 0.2) is 53.7 Å². The van der Waals surface area contributed by atoms with E-state index in [4.69, 9.17) is 4.74 Å². The molecule has 2 aromatic rings. The number of sulfonamides is 1. The Morgan fingerprint density at radius 3 is 2.48 bits per heavy atom. The van der Waals surface area contributed by atoms with Crippen molar-refractivity contribution in [3.8, 4) is 5.75 Å². The molecule has 0 fully saturated rings. The van der Waals surface area contributed by atoms with E-state index in [1.165, 1.54) is 4.31 Å². The molecule has 124 valence electrons. The molecule has 0 aliphatic heterocycles. The Bertz CT molecular complexity index is 717. The number of hydrogen-bond donors (Lipinski definition) is 1. The minimum Gasteiger partial charge on any atom is -0.497 e. The monoisotopic (exact) mass is 352 g/mol. The van der Waals surface area contributed by atoms with Crippen molar-refractivity contribution in [3.05, 3.63) is 54.4 Å². The van der Waals surface area contributed by atoms with Gasteiger partial charge < -0.3 is 4.74 Å². The molecule has 0 aliphatic carbocycles. The number of thiol groups is 1. The minimum atomic E-state index is -3.62. The predicted octanol–water partition coefficient (Wildman–Crippen LogP) is 2.60. The highest BCUT2D eigenvalue weighted by Gasteiger charge is 2.25. The van der Waals surface area contributed by atoms with Crippen LogP contribution >= 0.6 is 12.6 Å². The topological polar surface area (TPSA) is 59.5 Å². The molecular weight excluding hydrogens is 332 g/mol. The van der Waals surface area contributed by atoms with Gasteiger partial charge in [-0.3, -0.25) is 4.98 Å². The molecule has 1 atom stereocenters. The quantitative estimate of drug-likeness (QED) is 0.778. The molecule has 0 saturated heterocycles. The van der Waals surface area contributed by atoms with Gasteiger partial charge in [0.2, 0.25) is 10.0 Å². The lowest BCUT2D eigenvalue weighted by Crippen LogP contribution is -2.34. The van der Waals surface area contributed by atoms with Gasteiger partial charge in [0, 0.05) is 30.7 Å². The third-order valence-corrected chi connectivity index (χ3v) is 5.24. The maximum absolute atomic E-state index is 12.9. The van der Waals surface area contributed by atoms with E-state index in [0.29, 0.717) is 12.3 Å². The Hall–Kier alpha value is -1.57. The molecule has 1 heterocycles. The van der Waals surface area contributed by atoms with Crippen LogP contribution in [-0.2, 0) is 16.6 Å². The lowest BCUT2D eigenvalue weighted by atomic mass is 10.3. The fourth-order valence-electron chi connectivity index (χ4n) is 2.13. The van der Waals surface area contributed by atoms with Gasteiger partial charge in [-0.2, -0.15) is 16.9 Å². The summed E-state index contributed by atoms with van der Waals surface area (Å²) < 4.78 is 32.3. The molecule has 5 nitrogen and oxygen atoms in total. The number of hydrogen-bond acceptors (Lipinski definition) is 5. The molecular formula is C16H20N2O3S2. The molecule has 0 N–H and O–H groups in total. The van der Waals surface area contributed by atoms with Crippen LogP contribution in [0, 0.1) is 0 Å². The summed E-state index contributed by atoms with van der Waals surface area (Å²) in [6.07, 6.45) is 3.33. The van der Waals surface area contributed by atoms with Crippen LogP contribution in [0.5, 0.6) is 5.75 Å². The number of rotatable bonds is 7. The average Bonchev–Trinajstić information content (AvgIpc) is 2.55. The molecule has 0 amide bonds. The molecule has 0 spiro atoms. The van der Waals surface area contributed by atoms with Gasteiger partial charge in [0.15, 0.2) is 0 Å². The number of aromatic nitrogens is 1. The molecule has 0 saturated carbocycles. The van der Waals surface area contributed by atoms with Gasteiger partial charge in [0.25, 0.3) is 0 Å². The van der Waals surface area contributed by atoms with Crippen molar-refractivity contribution in [2.75, 3.05) is 13.7 Å². The molecule has 0 radical (unpaired) electrons. The van der Waals surface area contributed by atoms with E-state index >= 15 is 0 Å². The van der Waals surface area contributed by atoms with Crippen molar-refractivity contribution < 1.29 is 13.2 Å². The van der Waals surface area contributed by atoms with Gasteiger partial charge in [0.1, 0.15) is 5.75 Å². The molecule has 0 bridgehead atoms. The second-order valence-corrected chi connectivity index (χ2v) is 8.00. The Morgan fingerprint density at radius 1 is 1.26 bits per heavy atom. The second-order valence-electron chi connectivity index (χ2n) is 5.18. The van der Waals surface area contributed by atoms with Crippen LogP contribution in [-0.4, -0.2) is 36.6 Å². The molecule has 2 rings (SSSR count). The Balaban J connectivity index is 2.31. The van der Waals surface area contributed by atoms with Crippen LogP contribution in [0.25, 0.3) is 0 Å². The number of ether oxygens (including phenoxy) is 1. The second kappa shape index (κ2) is 7.81. The minimum absolute atomic E-state index is 0.0836. The summed E-state index contributed by atoms with van der Waals surface area (Å²) in [6, 6.07) is 10.0. The van der Waals surface area contributed by atoms with Crippen molar-refractivity contribution in [1.82, 2.24) is 9.29 Å². The van der Waals surface area contributed by atoms with Crippen LogP contribution in [0.2, 0.25) is 0 Å². The van der Waals surface area contributed by atoms with E-state index in [0.717, 1.165) is 5.56 Å². The molecule has 7 heteroatoms.